The van der Waals surface area contributed by atoms with Crippen LogP contribution in [0.3, 0.4) is 0 Å². The fourth-order valence-corrected chi connectivity index (χ4v) is 2.75. The molecule has 1 aliphatic heterocycles. The lowest BCUT2D eigenvalue weighted by atomic mass is 10.0. The molecule has 0 aliphatic carbocycles. The van der Waals surface area contributed by atoms with Crippen molar-refractivity contribution in [3.8, 4) is 0 Å². The predicted molar refractivity (Wildman–Crippen MR) is 75.8 cm³/mol. The van der Waals surface area contributed by atoms with Gasteiger partial charge in [0.15, 0.2) is 0 Å². The van der Waals surface area contributed by atoms with Crippen LogP contribution in [0.5, 0.6) is 0 Å². The van der Waals surface area contributed by atoms with Crippen molar-refractivity contribution in [1.82, 2.24) is 10.2 Å². The molecule has 1 amide bonds. The van der Waals surface area contributed by atoms with Gasteiger partial charge in [-0.25, -0.2) is 0 Å². The number of amides is 1. The Bertz CT molecular complexity index is 413. The third-order valence-corrected chi connectivity index (χ3v) is 4.19. The summed E-state index contributed by atoms with van der Waals surface area (Å²) >= 11 is 1.47. The summed E-state index contributed by atoms with van der Waals surface area (Å²) in [6, 6.07) is 4.36. The number of nitrogens with zero attached hydrogens (tertiary/aromatic N) is 1. The standard InChI is InChI=1S/C14H20N2OS/c1-11(2)16-7-5-12(6-8-16)10-15-14(17)13-4-3-9-18-13/h3-4,9-11H,5-8H2,1-2H3,(H,15,17). The van der Waals surface area contributed by atoms with Crippen LogP contribution < -0.4 is 5.32 Å². The Labute approximate surface area is 112 Å². The smallest absolute Gasteiger partial charge is 0.265 e. The van der Waals surface area contributed by atoms with E-state index in [9.17, 15) is 4.79 Å². The molecular formula is C14H20N2OS. The summed E-state index contributed by atoms with van der Waals surface area (Å²) < 4.78 is 0. The summed E-state index contributed by atoms with van der Waals surface area (Å²) in [6.07, 6.45) is 4.02. The van der Waals surface area contributed by atoms with E-state index in [2.05, 4.69) is 24.1 Å². The minimum absolute atomic E-state index is 0.00351. The van der Waals surface area contributed by atoms with Gasteiger partial charge < -0.3 is 10.2 Å². The molecule has 98 valence electrons. The quantitative estimate of drug-likeness (QED) is 0.910. The Kier molecular flexibility index (Phi) is 4.55. The van der Waals surface area contributed by atoms with Gasteiger partial charge in [0.05, 0.1) is 4.88 Å². The third-order valence-electron chi connectivity index (χ3n) is 3.32. The SMILES string of the molecule is CC(C)N1CCC(=CNC(=O)c2cccs2)CC1. The molecular weight excluding hydrogens is 244 g/mol. The molecule has 2 rings (SSSR count). The second kappa shape index (κ2) is 6.16. The van der Waals surface area contributed by atoms with Gasteiger partial charge in [0.25, 0.3) is 5.91 Å². The highest BCUT2D eigenvalue weighted by molar-refractivity contribution is 7.12. The predicted octanol–water partition coefficient (Wildman–Crippen LogP) is 2.87. The zero-order chi connectivity index (χ0) is 13.0. The fourth-order valence-electron chi connectivity index (χ4n) is 2.12. The van der Waals surface area contributed by atoms with E-state index in [4.69, 9.17) is 0 Å². The molecule has 3 nitrogen and oxygen atoms in total. The van der Waals surface area contributed by atoms with E-state index in [1.165, 1.54) is 16.9 Å². The number of rotatable bonds is 3. The number of carbonyl (C=O) groups is 1. The summed E-state index contributed by atoms with van der Waals surface area (Å²) in [5.74, 6) is 0.00351. The number of thiophene rings is 1. The van der Waals surface area contributed by atoms with E-state index in [0.29, 0.717) is 6.04 Å². The monoisotopic (exact) mass is 264 g/mol. The molecule has 1 aromatic rings. The highest BCUT2D eigenvalue weighted by Gasteiger charge is 2.16. The van der Waals surface area contributed by atoms with Crippen LogP contribution in [0.2, 0.25) is 0 Å². The van der Waals surface area contributed by atoms with Crippen LogP contribution >= 0.6 is 11.3 Å². The van der Waals surface area contributed by atoms with Gasteiger partial charge in [-0.15, -0.1) is 11.3 Å². The first-order chi connectivity index (χ1) is 8.66. The number of hydrogen-bond acceptors (Lipinski definition) is 3. The summed E-state index contributed by atoms with van der Waals surface area (Å²) in [5, 5.41) is 4.81. The van der Waals surface area contributed by atoms with Crippen molar-refractivity contribution in [1.29, 1.82) is 0 Å². The minimum Gasteiger partial charge on any atom is -0.328 e. The van der Waals surface area contributed by atoms with Gasteiger partial charge in [-0.1, -0.05) is 11.6 Å². The Hall–Kier alpha value is -1.13. The molecule has 4 heteroatoms. The van der Waals surface area contributed by atoms with Crippen LogP contribution in [0.25, 0.3) is 0 Å². The summed E-state index contributed by atoms with van der Waals surface area (Å²) in [4.78, 5) is 15.0. The summed E-state index contributed by atoms with van der Waals surface area (Å²) in [6.45, 7) is 6.65. The Morgan fingerprint density at radius 1 is 1.44 bits per heavy atom. The highest BCUT2D eigenvalue weighted by Crippen LogP contribution is 2.17. The highest BCUT2D eigenvalue weighted by atomic mass is 32.1. The van der Waals surface area contributed by atoms with Crippen molar-refractivity contribution in [2.24, 2.45) is 0 Å². The van der Waals surface area contributed by atoms with Crippen LogP contribution in [-0.4, -0.2) is 29.9 Å². The molecule has 1 saturated heterocycles. The average molecular weight is 264 g/mol. The maximum Gasteiger partial charge on any atom is 0.265 e. The van der Waals surface area contributed by atoms with Crippen molar-refractivity contribution in [2.45, 2.75) is 32.7 Å². The Balaban J connectivity index is 1.83. The van der Waals surface area contributed by atoms with Crippen LogP contribution in [0.15, 0.2) is 29.3 Å². The van der Waals surface area contributed by atoms with E-state index in [1.807, 2.05) is 23.7 Å². The lowest BCUT2D eigenvalue weighted by Crippen LogP contribution is -2.36. The molecule has 1 fully saturated rings. The van der Waals surface area contributed by atoms with Crippen molar-refractivity contribution in [3.05, 3.63) is 34.2 Å². The van der Waals surface area contributed by atoms with E-state index in [1.54, 1.807) is 0 Å². The van der Waals surface area contributed by atoms with Gasteiger partial charge in [0.2, 0.25) is 0 Å². The second-order valence-electron chi connectivity index (χ2n) is 4.88. The van der Waals surface area contributed by atoms with Gasteiger partial charge in [0, 0.05) is 25.3 Å². The number of hydrogen-bond donors (Lipinski definition) is 1. The number of carbonyl (C=O) groups excluding carboxylic acids is 1. The van der Waals surface area contributed by atoms with Gasteiger partial charge >= 0.3 is 0 Å². The first kappa shape index (κ1) is 13.3. The molecule has 18 heavy (non-hydrogen) atoms. The Morgan fingerprint density at radius 2 is 2.17 bits per heavy atom. The number of likely N-dealkylation sites (tertiary alicyclic amines) is 1. The molecule has 0 unspecified atom stereocenters. The van der Waals surface area contributed by atoms with E-state index in [-0.39, 0.29) is 5.91 Å². The minimum atomic E-state index is 0.00351. The molecule has 2 heterocycles. The van der Waals surface area contributed by atoms with Crippen molar-refractivity contribution in [3.63, 3.8) is 0 Å². The molecule has 0 radical (unpaired) electrons. The lowest BCUT2D eigenvalue weighted by molar-refractivity contribution is 0.0973. The maximum absolute atomic E-state index is 11.8. The van der Waals surface area contributed by atoms with Crippen molar-refractivity contribution in [2.75, 3.05) is 13.1 Å². The third kappa shape index (κ3) is 3.43. The molecule has 0 spiro atoms. The van der Waals surface area contributed by atoms with Gasteiger partial charge in [-0.3, -0.25) is 4.79 Å². The van der Waals surface area contributed by atoms with Crippen LogP contribution in [-0.2, 0) is 0 Å². The lowest BCUT2D eigenvalue weighted by Gasteiger charge is -2.31. The number of piperidine rings is 1. The number of nitrogens with one attached hydrogen (secondary N) is 1. The van der Waals surface area contributed by atoms with Gasteiger partial charge in [0.1, 0.15) is 0 Å². The molecule has 0 aromatic carbocycles. The largest absolute Gasteiger partial charge is 0.328 e. The van der Waals surface area contributed by atoms with Crippen LogP contribution in [0, 0.1) is 0 Å². The van der Waals surface area contributed by atoms with Gasteiger partial charge in [-0.2, -0.15) is 0 Å². The topological polar surface area (TPSA) is 32.3 Å². The van der Waals surface area contributed by atoms with Gasteiger partial charge in [-0.05, 0) is 38.1 Å². The Morgan fingerprint density at radius 3 is 2.72 bits per heavy atom. The van der Waals surface area contributed by atoms with Crippen molar-refractivity contribution < 1.29 is 4.79 Å². The molecule has 0 saturated carbocycles. The molecule has 1 N–H and O–H groups in total. The molecule has 0 atom stereocenters. The van der Waals surface area contributed by atoms with E-state index >= 15 is 0 Å². The molecule has 1 aromatic heterocycles. The maximum atomic E-state index is 11.8. The first-order valence-electron chi connectivity index (χ1n) is 6.43. The first-order valence-corrected chi connectivity index (χ1v) is 7.31. The zero-order valence-corrected chi connectivity index (χ0v) is 11.8. The van der Waals surface area contributed by atoms with E-state index in [0.717, 1.165) is 30.8 Å². The summed E-state index contributed by atoms with van der Waals surface area (Å²) in [5.41, 5.74) is 1.34. The van der Waals surface area contributed by atoms with Crippen LogP contribution in [0.4, 0.5) is 0 Å². The fraction of sp³-hybridized carbons (Fsp3) is 0.500. The van der Waals surface area contributed by atoms with Crippen LogP contribution in [0.1, 0.15) is 36.4 Å². The zero-order valence-electron chi connectivity index (χ0n) is 11.0. The normalized spacial score (nSPS) is 16.9. The van der Waals surface area contributed by atoms with Crippen molar-refractivity contribution >= 4 is 17.2 Å². The molecule has 0 bridgehead atoms. The van der Waals surface area contributed by atoms with E-state index < -0.39 is 0 Å². The summed E-state index contributed by atoms with van der Waals surface area (Å²) in [7, 11) is 0. The second-order valence-corrected chi connectivity index (χ2v) is 5.83. The average Bonchev–Trinajstić information content (AvgIpc) is 2.90. The molecule has 1 aliphatic rings.